The van der Waals surface area contributed by atoms with Gasteiger partial charge in [0.2, 0.25) is 10.0 Å². The first-order valence-electron chi connectivity index (χ1n) is 4.33. The molecule has 6 heteroatoms. The Morgan fingerprint density at radius 1 is 1.50 bits per heavy atom. The highest BCUT2D eigenvalue weighted by atomic mass is 32.2. The smallest absolute Gasteiger partial charge is 0.215 e. The van der Waals surface area contributed by atoms with E-state index in [1.165, 1.54) is 13.8 Å². The van der Waals surface area contributed by atoms with Crippen molar-refractivity contribution in [3.05, 3.63) is 0 Å². The first kappa shape index (κ1) is 13.4. The van der Waals surface area contributed by atoms with Gasteiger partial charge in [-0.15, -0.1) is 0 Å². The average Bonchev–Trinajstić information content (AvgIpc) is 2.03. The van der Waals surface area contributed by atoms with Gasteiger partial charge < -0.3 is 4.74 Å². The van der Waals surface area contributed by atoms with E-state index in [0.717, 1.165) is 0 Å². The van der Waals surface area contributed by atoms with E-state index in [2.05, 4.69) is 4.72 Å². The lowest BCUT2D eigenvalue weighted by Gasteiger charge is -2.17. The molecule has 0 radical (unpaired) electrons. The summed E-state index contributed by atoms with van der Waals surface area (Å²) in [7, 11) is -3.42. The summed E-state index contributed by atoms with van der Waals surface area (Å²) in [6, 6.07) is 1.86. The Morgan fingerprint density at radius 3 is 2.50 bits per heavy atom. The summed E-state index contributed by atoms with van der Waals surface area (Å²) in [5.74, 6) is -0.119. The predicted molar refractivity (Wildman–Crippen MR) is 53.1 cm³/mol. The van der Waals surface area contributed by atoms with Crippen LogP contribution in [0.4, 0.5) is 0 Å². The normalized spacial score (nSPS) is 12.4. The highest BCUT2D eigenvalue weighted by Crippen LogP contribution is 2.02. The molecule has 1 N–H and O–H groups in total. The van der Waals surface area contributed by atoms with Crippen LogP contribution in [0.15, 0.2) is 0 Å². The van der Waals surface area contributed by atoms with Crippen LogP contribution in [-0.4, -0.2) is 32.9 Å². The van der Waals surface area contributed by atoms with Gasteiger partial charge in [-0.2, -0.15) is 9.98 Å². The number of ether oxygens (including phenoxy) is 1. The third-order valence-electron chi connectivity index (χ3n) is 1.39. The Labute approximate surface area is 85.1 Å². The van der Waals surface area contributed by atoms with Crippen molar-refractivity contribution in [1.29, 1.82) is 5.26 Å². The fourth-order valence-corrected chi connectivity index (χ4v) is 2.04. The molecule has 5 nitrogen and oxygen atoms in total. The first-order chi connectivity index (χ1) is 6.33. The number of hydrogen-bond acceptors (Lipinski definition) is 4. The van der Waals surface area contributed by atoms with Crippen LogP contribution in [-0.2, 0) is 14.8 Å². The third kappa shape index (κ3) is 5.91. The number of nitriles is 1. The molecule has 0 bridgehead atoms. The lowest BCUT2D eigenvalue weighted by atomic mass is 10.1. The van der Waals surface area contributed by atoms with Crippen LogP contribution >= 0.6 is 0 Å². The van der Waals surface area contributed by atoms with Gasteiger partial charge in [0, 0.05) is 6.61 Å². The molecule has 0 aromatic heterocycles. The van der Waals surface area contributed by atoms with Crippen molar-refractivity contribution >= 4 is 10.0 Å². The van der Waals surface area contributed by atoms with Gasteiger partial charge in [0.15, 0.2) is 0 Å². The fraction of sp³-hybridized carbons (Fsp3) is 0.875. The minimum Gasteiger partial charge on any atom is -0.381 e. The zero-order valence-electron chi connectivity index (χ0n) is 8.70. The van der Waals surface area contributed by atoms with E-state index in [9.17, 15) is 8.42 Å². The molecule has 0 amide bonds. The van der Waals surface area contributed by atoms with Crippen molar-refractivity contribution < 1.29 is 13.2 Å². The maximum Gasteiger partial charge on any atom is 0.215 e. The van der Waals surface area contributed by atoms with E-state index in [1.54, 1.807) is 6.92 Å². The van der Waals surface area contributed by atoms with Gasteiger partial charge >= 0.3 is 0 Å². The zero-order chi connectivity index (χ0) is 11.2. The number of nitrogens with one attached hydrogen (secondary N) is 1. The third-order valence-corrected chi connectivity index (χ3v) is 2.92. The second-order valence-electron chi connectivity index (χ2n) is 3.35. The average molecular weight is 220 g/mol. The largest absolute Gasteiger partial charge is 0.381 e. The molecular formula is C8H16N2O3S. The lowest BCUT2D eigenvalue weighted by molar-refractivity contribution is 0.163. The molecule has 0 aliphatic rings. The van der Waals surface area contributed by atoms with Crippen molar-refractivity contribution in [1.82, 2.24) is 4.72 Å². The summed E-state index contributed by atoms with van der Waals surface area (Å²) >= 11 is 0. The van der Waals surface area contributed by atoms with Gasteiger partial charge in [-0.25, -0.2) is 8.42 Å². The van der Waals surface area contributed by atoms with Gasteiger partial charge in [0.05, 0.1) is 18.4 Å². The quantitative estimate of drug-likeness (QED) is 0.650. The van der Waals surface area contributed by atoms with Crippen LogP contribution in [0.1, 0.15) is 20.8 Å². The second kappa shape index (κ2) is 5.29. The molecule has 0 aromatic carbocycles. The summed E-state index contributed by atoms with van der Waals surface area (Å²) in [6.45, 7) is 5.43. The molecule has 0 saturated heterocycles. The Balaban J connectivity index is 4.17. The van der Waals surface area contributed by atoms with E-state index >= 15 is 0 Å². The monoisotopic (exact) mass is 220 g/mol. The minimum absolute atomic E-state index is 0.119. The molecule has 0 saturated carbocycles. The molecule has 0 aromatic rings. The van der Waals surface area contributed by atoms with Crippen LogP contribution in [0.5, 0.6) is 0 Å². The summed E-state index contributed by atoms with van der Waals surface area (Å²) in [6.07, 6.45) is 0. The lowest BCUT2D eigenvalue weighted by Crippen LogP contribution is -2.43. The van der Waals surface area contributed by atoms with Crippen LogP contribution in [0.2, 0.25) is 0 Å². The topological polar surface area (TPSA) is 79.2 Å². The van der Waals surface area contributed by atoms with E-state index < -0.39 is 15.6 Å². The first-order valence-corrected chi connectivity index (χ1v) is 5.99. The van der Waals surface area contributed by atoms with Crippen molar-refractivity contribution in [3.8, 4) is 6.07 Å². The standard InChI is InChI=1S/C8H16N2O3S/c1-4-13-5-6-14(11,12)10-8(2,3)7-9/h10H,4-6H2,1-3H3. The molecule has 0 unspecified atom stereocenters. The van der Waals surface area contributed by atoms with Gasteiger partial charge in [-0.05, 0) is 20.8 Å². The highest BCUT2D eigenvalue weighted by molar-refractivity contribution is 7.89. The predicted octanol–water partition coefficient (Wildman–Crippen LogP) is 0.244. The maximum absolute atomic E-state index is 11.3. The van der Waals surface area contributed by atoms with Crippen molar-refractivity contribution in [2.75, 3.05) is 19.0 Å². The Hall–Kier alpha value is -0.640. The minimum atomic E-state index is -3.42. The van der Waals surface area contributed by atoms with E-state index in [1.807, 2.05) is 6.07 Å². The SMILES string of the molecule is CCOCCS(=O)(=O)NC(C)(C)C#N. The Bertz CT molecular complexity index is 303. The molecule has 0 aliphatic carbocycles. The summed E-state index contributed by atoms with van der Waals surface area (Å²) in [5, 5.41) is 8.62. The molecule has 0 rings (SSSR count). The van der Waals surface area contributed by atoms with Crippen LogP contribution < -0.4 is 4.72 Å². The molecule has 0 spiro atoms. The number of hydrogen-bond donors (Lipinski definition) is 1. The molecule has 82 valence electrons. The second-order valence-corrected chi connectivity index (χ2v) is 5.20. The van der Waals surface area contributed by atoms with E-state index in [-0.39, 0.29) is 12.4 Å². The Morgan fingerprint density at radius 2 is 2.07 bits per heavy atom. The van der Waals surface area contributed by atoms with Crippen molar-refractivity contribution in [2.45, 2.75) is 26.3 Å². The molecule has 0 atom stereocenters. The molecular weight excluding hydrogens is 204 g/mol. The van der Waals surface area contributed by atoms with E-state index in [4.69, 9.17) is 10.00 Å². The number of rotatable bonds is 6. The van der Waals surface area contributed by atoms with Gasteiger partial charge in [0.1, 0.15) is 5.54 Å². The molecule has 0 heterocycles. The van der Waals surface area contributed by atoms with Crippen molar-refractivity contribution in [3.63, 3.8) is 0 Å². The van der Waals surface area contributed by atoms with Gasteiger partial charge in [-0.1, -0.05) is 0 Å². The van der Waals surface area contributed by atoms with Crippen LogP contribution in [0, 0.1) is 11.3 Å². The van der Waals surface area contributed by atoms with Gasteiger partial charge in [-0.3, -0.25) is 0 Å². The van der Waals surface area contributed by atoms with Crippen LogP contribution in [0.25, 0.3) is 0 Å². The zero-order valence-corrected chi connectivity index (χ0v) is 9.52. The summed E-state index contributed by atoms with van der Waals surface area (Å²) in [5.41, 5.74) is -1.06. The fourth-order valence-electron chi connectivity index (χ4n) is 0.776. The maximum atomic E-state index is 11.3. The summed E-state index contributed by atoms with van der Waals surface area (Å²) < 4.78 is 29.9. The Kier molecular flexibility index (Phi) is 5.05. The molecule has 14 heavy (non-hydrogen) atoms. The molecule has 0 fully saturated rings. The number of sulfonamides is 1. The number of nitrogens with zero attached hydrogens (tertiary/aromatic N) is 1. The highest BCUT2D eigenvalue weighted by Gasteiger charge is 2.23. The van der Waals surface area contributed by atoms with Crippen molar-refractivity contribution in [2.24, 2.45) is 0 Å². The van der Waals surface area contributed by atoms with Gasteiger partial charge in [0.25, 0.3) is 0 Å². The molecule has 0 aliphatic heterocycles. The van der Waals surface area contributed by atoms with E-state index in [0.29, 0.717) is 6.61 Å². The summed E-state index contributed by atoms with van der Waals surface area (Å²) in [4.78, 5) is 0. The van der Waals surface area contributed by atoms with Crippen LogP contribution in [0.3, 0.4) is 0 Å².